The van der Waals surface area contributed by atoms with Gasteiger partial charge in [-0.3, -0.25) is 4.98 Å². The highest BCUT2D eigenvalue weighted by atomic mass is 32.2. The lowest BCUT2D eigenvalue weighted by molar-refractivity contribution is 0.184. The number of aromatic nitrogens is 1. The number of hydrogen-bond acceptors (Lipinski definition) is 5. The number of rotatable bonds is 6. The number of hydrogen-bond donors (Lipinski definition) is 0. The summed E-state index contributed by atoms with van der Waals surface area (Å²) in [6, 6.07) is 4.06. The Morgan fingerprint density at radius 1 is 1.17 bits per heavy atom. The summed E-state index contributed by atoms with van der Waals surface area (Å²) in [6.07, 6.45) is 5.47. The van der Waals surface area contributed by atoms with Crippen molar-refractivity contribution in [1.82, 2.24) is 14.2 Å². The van der Waals surface area contributed by atoms with Gasteiger partial charge in [0.15, 0.2) is 0 Å². The molecule has 1 unspecified atom stereocenters. The average Bonchev–Trinajstić information content (AvgIpc) is 3.06. The summed E-state index contributed by atoms with van der Waals surface area (Å²) in [6.45, 7) is 5.08. The molecule has 0 bridgehead atoms. The standard InChI is InChI=1S/C16H25N3O3S/c20-23(21,14-16-4-12-22-13-16)19-10-8-18(9-11-19)7-3-15-1-5-17-6-2-15/h1-2,5-6,16H,3-4,7-14H2. The van der Waals surface area contributed by atoms with E-state index in [1.54, 1.807) is 4.31 Å². The van der Waals surface area contributed by atoms with Crippen LogP contribution in [0.5, 0.6) is 0 Å². The first-order chi connectivity index (χ1) is 11.1. The van der Waals surface area contributed by atoms with E-state index in [2.05, 4.69) is 9.88 Å². The van der Waals surface area contributed by atoms with Crippen LogP contribution in [0.15, 0.2) is 24.5 Å². The molecule has 0 aromatic carbocycles. The molecular formula is C16H25N3O3S. The van der Waals surface area contributed by atoms with Gasteiger partial charge in [-0.15, -0.1) is 0 Å². The molecule has 0 aliphatic carbocycles. The van der Waals surface area contributed by atoms with Crippen molar-refractivity contribution in [1.29, 1.82) is 0 Å². The molecular weight excluding hydrogens is 314 g/mol. The second kappa shape index (κ2) is 7.70. The Kier molecular flexibility index (Phi) is 5.63. The van der Waals surface area contributed by atoms with Crippen molar-refractivity contribution < 1.29 is 13.2 Å². The minimum absolute atomic E-state index is 0.171. The maximum atomic E-state index is 12.5. The summed E-state index contributed by atoms with van der Waals surface area (Å²) in [5.41, 5.74) is 1.27. The molecule has 0 saturated carbocycles. The van der Waals surface area contributed by atoms with Gasteiger partial charge in [0.05, 0.1) is 12.4 Å². The van der Waals surface area contributed by atoms with Gasteiger partial charge >= 0.3 is 0 Å². The van der Waals surface area contributed by atoms with Crippen LogP contribution in [0, 0.1) is 5.92 Å². The van der Waals surface area contributed by atoms with Crippen molar-refractivity contribution in [2.24, 2.45) is 5.92 Å². The predicted molar refractivity (Wildman–Crippen MR) is 88.7 cm³/mol. The summed E-state index contributed by atoms with van der Waals surface area (Å²) in [5, 5.41) is 0. The maximum absolute atomic E-state index is 12.5. The summed E-state index contributed by atoms with van der Waals surface area (Å²) in [4.78, 5) is 6.36. The molecule has 0 amide bonds. The monoisotopic (exact) mass is 339 g/mol. The van der Waals surface area contributed by atoms with Crippen LogP contribution >= 0.6 is 0 Å². The highest BCUT2D eigenvalue weighted by Crippen LogP contribution is 2.18. The van der Waals surface area contributed by atoms with Gasteiger partial charge in [-0.25, -0.2) is 8.42 Å². The molecule has 1 aromatic rings. The van der Waals surface area contributed by atoms with Crippen LogP contribution in [0.4, 0.5) is 0 Å². The zero-order valence-electron chi connectivity index (χ0n) is 13.4. The summed E-state index contributed by atoms with van der Waals surface area (Å²) >= 11 is 0. The third-order valence-corrected chi connectivity index (χ3v) is 6.71. The molecule has 7 heteroatoms. The first-order valence-corrected chi connectivity index (χ1v) is 9.91. The lowest BCUT2D eigenvalue weighted by Gasteiger charge is -2.34. The number of piperazine rings is 1. The number of pyridine rings is 1. The molecule has 23 heavy (non-hydrogen) atoms. The molecule has 2 saturated heterocycles. The van der Waals surface area contributed by atoms with Crippen LogP contribution in [0.1, 0.15) is 12.0 Å². The Labute approximate surface area is 138 Å². The van der Waals surface area contributed by atoms with Gasteiger partial charge in [-0.2, -0.15) is 4.31 Å². The molecule has 3 rings (SSSR count). The molecule has 2 aliphatic rings. The van der Waals surface area contributed by atoms with Crippen molar-refractivity contribution in [3.05, 3.63) is 30.1 Å². The first-order valence-electron chi connectivity index (χ1n) is 8.30. The van der Waals surface area contributed by atoms with Gasteiger partial charge in [-0.1, -0.05) is 0 Å². The van der Waals surface area contributed by atoms with Crippen molar-refractivity contribution in [2.75, 3.05) is 51.7 Å². The minimum Gasteiger partial charge on any atom is -0.381 e. The van der Waals surface area contributed by atoms with Crippen LogP contribution in [0.25, 0.3) is 0 Å². The molecule has 2 aliphatic heterocycles. The smallest absolute Gasteiger partial charge is 0.214 e. The Bertz CT molecular complexity index is 580. The van der Waals surface area contributed by atoms with Crippen molar-refractivity contribution in [3.63, 3.8) is 0 Å². The molecule has 128 valence electrons. The van der Waals surface area contributed by atoms with Gasteiger partial charge in [0.2, 0.25) is 10.0 Å². The molecule has 0 radical (unpaired) electrons. The lowest BCUT2D eigenvalue weighted by atomic mass is 10.2. The predicted octanol–water partition coefficient (Wildman–Crippen LogP) is 0.608. The van der Waals surface area contributed by atoms with Gasteiger partial charge in [0.25, 0.3) is 0 Å². The van der Waals surface area contributed by atoms with E-state index in [9.17, 15) is 8.42 Å². The van der Waals surface area contributed by atoms with Crippen LogP contribution in [-0.4, -0.2) is 74.3 Å². The van der Waals surface area contributed by atoms with Crippen molar-refractivity contribution >= 4 is 10.0 Å². The highest BCUT2D eigenvalue weighted by Gasteiger charge is 2.30. The Hall–Kier alpha value is -1.02. The highest BCUT2D eigenvalue weighted by molar-refractivity contribution is 7.89. The van der Waals surface area contributed by atoms with E-state index < -0.39 is 10.0 Å². The number of ether oxygens (including phenoxy) is 1. The minimum atomic E-state index is -3.14. The van der Waals surface area contributed by atoms with E-state index in [4.69, 9.17) is 4.74 Å². The SMILES string of the molecule is O=S(=O)(CC1CCOC1)N1CCN(CCc2ccncc2)CC1. The molecule has 1 atom stereocenters. The van der Waals surface area contributed by atoms with E-state index in [1.165, 1.54) is 5.56 Å². The zero-order valence-corrected chi connectivity index (χ0v) is 14.2. The Morgan fingerprint density at radius 3 is 2.57 bits per heavy atom. The van der Waals surface area contributed by atoms with E-state index in [0.29, 0.717) is 26.3 Å². The topological polar surface area (TPSA) is 62.7 Å². The number of sulfonamides is 1. The van der Waals surface area contributed by atoms with E-state index in [1.807, 2.05) is 24.5 Å². The molecule has 0 N–H and O–H groups in total. The Morgan fingerprint density at radius 2 is 1.91 bits per heavy atom. The van der Waals surface area contributed by atoms with E-state index in [0.717, 1.165) is 32.5 Å². The van der Waals surface area contributed by atoms with Crippen molar-refractivity contribution in [2.45, 2.75) is 12.8 Å². The second-order valence-electron chi connectivity index (χ2n) is 6.35. The fourth-order valence-electron chi connectivity index (χ4n) is 3.19. The quantitative estimate of drug-likeness (QED) is 0.760. The molecule has 3 heterocycles. The summed E-state index contributed by atoms with van der Waals surface area (Å²) in [5.74, 6) is 0.411. The van der Waals surface area contributed by atoms with Gasteiger partial charge in [-0.05, 0) is 36.5 Å². The normalized spacial score (nSPS) is 24.1. The molecule has 2 fully saturated rings. The van der Waals surface area contributed by atoms with E-state index >= 15 is 0 Å². The van der Waals surface area contributed by atoms with Gasteiger partial charge in [0.1, 0.15) is 0 Å². The molecule has 0 spiro atoms. The van der Waals surface area contributed by atoms with Crippen LogP contribution in [-0.2, 0) is 21.2 Å². The lowest BCUT2D eigenvalue weighted by Crippen LogP contribution is -2.50. The largest absolute Gasteiger partial charge is 0.381 e. The zero-order chi connectivity index (χ0) is 16.1. The third kappa shape index (κ3) is 4.73. The van der Waals surface area contributed by atoms with Gasteiger partial charge < -0.3 is 9.64 Å². The van der Waals surface area contributed by atoms with E-state index in [-0.39, 0.29) is 11.7 Å². The average molecular weight is 339 g/mol. The van der Waals surface area contributed by atoms with Crippen molar-refractivity contribution in [3.8, 4) is 0 Å². The summed E-state index contributed by atoms with van der Waals surface area (Å²) < 4.78 is 31.9. The fraction of sp³-hybridized carbons (Fsp3) is 0.688. The third-order valence-electron chi connectivity index (χ3n) is 4.66. The van der Waals surface area contributed by atoms with Gasteiger partial charge in [0, 0.05) is 51.7 Å². The summed E-state index contributed by atoms with van der Waals surface area (Å²) in [7, 11) is -3.14. The maximum Gasteiger partial charge on any atom is 0.214 e. The second-order valence-corrected chi connectivity index (χ2v) is 8.37. The fourth-order valence-corrected chi connectivity index (χ4v) is 4.98. The number of nitrogens with zero attached hydrogens (tertiary/aromatic N) is 3. The Balaban J connectivity index is 1.44. The van der Waals surface area contributed by atoms with Crippen LogP contribution in [0.2, 0.25) is 0 Å². The van der Waals surface area contributed by atoms with Crippen LogP contribution in [0.3, 0.4) is 0 Å². The molecule has 6 nitrogen and oxygen atoms in total. The van der Waals surface area contributed by atoms with Crippen LogP contribution < -0.4 is 0 Å². The molecule has 1 aromatic heterocycles. The first kappa shape index (κ1) is 16.8.